The van der Waals surface area contributed by atoms with E-state index in [2.05, 4.69) is 15.9 Å². The number of rotatable bonds is 1. The van der Waals surface area contributed by atoms with E-state index in [1.165, 1.54) is 6.07 Å². The first kappa shape index (κ1) is 11.0. The molecule has 1 aliphatic heterocycles. The van der Waals surface area contributed by atoms with Crippen LogP contribution in [0.5, 0.6) is 0 Å². The maximum Gasteiger partial charge on any atom is 0.146 e. The molecular formula is C10H9BrF2O2. The molecule has 1 saturated heterocycles. The number of ether oxygens (including phenoxy) is 1. The van der Waals surface area contributed by atoms with Gasteiger partial charge in [0.1, 0.15) is 17.2 Å². The van der Waals surface area contributed by atoms with Crippen molar-refractivity contribution in [1.82, 2.24) is 0 Å². The molecule has 0 amide bonds. The molecular weight excluding hydrogens is 270 g/mol. The summed E-state index contributed by atoms with van der Waals surface area (Å²) in [5.74, 6) is -1.51. The molecule has 0 spiro atoms. The molecule has 1 aliphatic rings. The molecule has 5 heteroatoms. The van der Waals surface area contributed by atoms with Gasteiger partial charge in [-0.2, -0.15) is 0 Å². The summed E-state index contributed by atoms with van der Waals surface area (Å²) in [6.45, 7) is 0.235. The molecule has 1 atom stereocenters. The van der Waals surface area contributed by atoms with Crippen molar-refractivity contribution in [2.24, 2.45) is 0 Å². The number of halogens is 3. The van der Waals surface area contributed by atoms with Gasteiger partial charge >= 0.3 is 0 Å². The van der Waals surface area contributed by atoms with Gasteiger partial charge in [0.25, 0.3) is 0 Å². The van der Waals surface area contributed by atoms with E-state index in [1.807, 2.05) is 0 Å². The molecule has 0 bridgehead atoms. The van der Waals surface area contributed by atoms with Gasteiger partial charge < -0.3 is 9.84 Å². The van der Waals surface area contributed by atoms with E-state index >= 15 is 0 Å². The summed E-state index contributed by atoms with van der Waals surface area (Å²) >= 11 is 2.96. The summed E-state index contributed by atoms with van der Waals surface area (Å²) in [6, 6.07) is 2.39. The van der Waals surface area contributed by atoms with Crippen molar-refractivity contribution in [2.75, 3.05) is 13.2 Å². The summed E-state index contributed by atoms with van der Waals surface area (Å²) < 4.78 is 32.2. The molecule has 0 saturated carbocycles. The highest BCUT2D eigenvalue weighted by Crippen LogP contribution is 2.36. The predicted molar refractivity (Wildman–Crippen MR) is 53.4 cm³/mol. The van der Waals surface area contributed by atoms with Crippen molar-refractivity contribution >= 4 is 15.9 Å². The van der Waals surface area contributed by atoms with E-state index in [-0.39, 0.29) is 23.1 Å². The Morgan fingerprint density at radius 2 is 2.13 bits per heavy atom. The van der Waals surface area contributed by atoms with Crippen LogP contribution in [0.1, 0.15) is 12.0 Å². The van der Waals surface area contributed by atoms with E-state index in [0.29, 0.717) is 6.61 Å². The topological polar surface area (TPSA) is 29.5 Å². The number of aliphatic hydroxyl groups is 1. The lowest BCUT2D eigenvalue weighted by molar-refractivity contribution is 0.0168. The van der Waals surface area contributed by atoms with Gasteiger partial charge in [0, 0.05) is 13.0 Å². The normalized spacial score (nSPS) is 25.9. The van der Waals surface area contributed by atoms with Gasteiger partial charge in [0.05, 0.1) is 16.6 Å². The summed E-state index contributed by atoms with van der Waals surface area (Å²) in [4.78, 5) is 0. The molecule has 1 aromatic rings. The van der Waals surface area contributed by atoms with E-state index in [0.717, 1.165) is 6.07 Å². The van der Waals surface area contributed by atoms with Gasteiger partial charge in [-0.05, 0) is 28.1 Å². The lowest BCUT2D eigenvalue weighted by atomic mass is 9.92. The van der Waals surface area contributed by atoms with Gasteiger partial charge in [0.2, 0.25) is 0 Å². The van der Waals surface area contributed by atoms with Crippen LogP contribution < -0.4 is 0 Å². The summed E-state index contributed by atoms with van der Waals surface area (Å²) in [5, 5.41) is 10.0. The third-order valence-electron chi connectivity index (χ3n) is 2.51. The number of hydrogen-bond donors (Lipinski definition) is 1. The Hall–Kier alpha value is -0.520. The van der Waals surface area contributed by atoms with Crippen molar-refractivity contribution < 1.29 is 18.6 Å². The quantitative estimate of drug-likeness (QED) is 0.799. The largest absolute Gasteiger partial charge is 0.382 e. The van der Waals surface area contributed by atoms with Crippen LogP contribution in [0.15, 0.2) is 16.6 Å². The molecule has 1 fully saturated rings. The molecule has 1 N–H and O–H groups in total. The van der Waals surface area contributed by atoms with Gasteiger partial charge in [-0.1, -0.05) is 0 Å². The molecule has 1 heterocycles. The first-order valence-electron chi connectivity index (χ1n) is 4.49. The predicted octanol–water partition coefficient (Wildman–Crippen LogP) is 2.34. The van der Waals surface area contributed by atoms with Crippen LogP contribution in [-0.4, -0.2) is 18.3 Å². The van der Waals surface area contributed by atoms with E-state index in [4.69, 9.17) is 4.74 Å². The van der Waals surface area contributed by atoms with Crippen molar-refractivity contribution in [1.29, 1.82) is 0 Å². The third kappa shape index (κ3) is 1.79. The minimum absolute atomic E-state index is 0.0721. The van der Waals surface area contributed by atoms with E-state index in [1.54, 1.807) is 0 Å². The second-order valence-electron chi connectivity index (χ2n) is 3.55. The van der Waals surface area contributed by atoms with Crippen LogP contribution in [-0.2, 0) is 10.3 Å². The fourth-order valence-corrected chi connectivity index (χ4v) is 2.04. The first-order chi connectivity index (χ1) is 7.04. The number of benzene rings is 1. The Labute approximate surface area is 94.0 Å². The monoisotopic (exact) mass is 278 g/mol. The van der Waals surface area contributed by atoms with Gasteiger partial charge in [-0.25, -0.2) is 8.78 Å². The highest BCUT2D eigenvalue weighted by molar-refractivity contribution is 9.10. The molecule has 0 radical (unpaired) electrons. The maximum absolute atomic E-state index is 13.7. The van der Waals surface area contributed by atoms with E-state index in [9.17, 15) is 13.9 Å². The second kappa shape index (κ2) is 3.81. The zero-order chi connectivity index (χ0) is 11.1. The average molecular weight is 279 g/mol. The van der Waals surface area contributed by atoms with Gasteiger partial charge in [0.15, 0.2) is 0 Å². The van der Waals surface area contributed by atoms with Gasteiger partial charge in [-0.15, -0.1) is 0 Å². The Kier molecular flexibility index (Phi) is 2.79. The fourth-order valence-electron chi connectivity index (χ4n) is 1.71. The van der Waals surface area contributed by atoms with Crippen LogP contribution >= 0.6 is 15.9 Å². The van der Waals surface area contributed by atoms with Crippen LogP contribution in [0, 0.1) is 11.6 Å². The average Bonchev–Trinajstić information content (AvgIpc) is 2.60. The molecule has 0 aliphatic carbocycles. The molecule has 2 nitrogen and oxygen atoms in total. The van der Waals surface area contributed by atoms with Crippen molar-refractivity contribution in [3.05, 3.63) is 33.8 Å². The number of hydrogen-bond acceptors (Lipinski definition) is 2. The summed E-state index contributed by atoms with van der Waals surface area (Å²) in [7, 11) is 0. The minimum atomic E-state index is -1.54. The Morgan fingerprint density at radius 1 is 1.40 bits per heavy atom. The molecule has 1 aromatic carbocycles. The Balaban J connectivity index is 2.55. The van der Waals surface area contributed by atoms with Crippen LogP contribution in [0.4, 0.5) is 8.78 Å². The Morgan fingerprint density at radius 3 is 2.73 bits per heavy atom. The summed E-state index contributed by atoms with van der Waals surface area (Å²) in [5.41, 5.74) is -1.85. The lowest BCUT2D eigenvalue weighted by Crippen LogP contribution is -2.28. The lowest BCUT2D eigenvalue weighted by Gasteiger charge is -2.22. The molecule has 15 heavy (non-hydrogen) atoms. The zero-order valence-electron chi connectivity index (χ0n) is 7.77. The van der Waals surface area contributed by atoms with E-state index < -0.39 is 17.2 Å². The molecule has 0 aromatic heterocycles. The SMILES string of the molecule is OC1(c2c(F)ccc(Br)c2F)CCOC1. The zero-order valence-corrected chi connectivity index (χ0v) is 9.35. The van der Waals surface area contributed by atoms with Crippen LogP contribution in [0.25, 0.3) is 0 Å². The van der Waals surface area contributed by atoms with Crippen LogP contribution in [0.2, 0.25) is 0 Å². The summed E-state index contributed by atoms with van der Waals surface area (Å²) in [6.07, 6.45) is 0.206. The van der Waals surface area contributed by atoms with Crippen LogP contribution in [0.3, 0.4) is 0 Å². The maximum atomic E-state index is 13.7. The second-order valence-corrected chi connectivity index (χ2v) is 4.41. The first-order valence-corrected chi connectivity index (χ1v) is 5.28. The van der Waals surface area contributed by atoms with Crippen molar-refractivity contribution in [3.63, 3.8) is 0 Å². The molecule has 1 unspecified atom stereocenters. The van der Waals surface area contributed by atoms with Crippen molar-refractivity contribution in [3.8, 4) is 0 Å². The highest BCUT2D eigenvalue weighted by atomic mass is 79.9. The smallest absolute Gasteiger partial charge is 0.146 e. The third-order valence-corrected chi connectivity index (χ3v) is 3.12. The van der Waals surface area contributed by atoms with Crippen molar-refractivity contribution in [2.45, 2.75) is 12.0 Å². The Bertz CT molecular complexity index is 389. The highest BCUT2D eigenvalue weighted by Gasteiger charge is 2.39. The fraction of sp³-hybridized carbons (Fsp3) is 0.400. The standard InChI is InChI=1S/C10H9BrF2O2/c11-6-1-2-7(12)8(9(6)13)10(14)3-4-15-5-10/h1-2,14H,3-5H2. The molecule has 82 valence electrons. The minimum Gasteiger partial charge on any atom is -0.382 e. The molecule has 2 rings (SSSR count). The van der Waals surface area contributed by atoms with Gasteiger partial charge in [-0.3, -0.25) is 0 Å².